The van der Waals surface area contributed by atoms with Crippen LogP contribution >= 0.6 is 0 Å². The van der Waals surface area contributed by atoms with E-state index in [4.69, 9.17) is 9.56 Å². The molecule has 6 nitrogen and oxygen atoms in total. The number of sulfonamides is 1. The van der Waals surface area contributed by atoms with Gasteiger partial charge in [-0.05, 0) is 32.6 Å². The van der Waals surface area contributed by atoms with Crippen molar-refractivity contribution in [2.24, 2.45) is 11.1 Å². The monoisotopic (exact) mass is 302 g/mol. The molecule has 1 aromatic heterocycles. The number of carbonyl (C=O) groups excluding carboxylic acids is 1. The summed E-state index contributed by atoms with van der Waals surface area (Å²) in [6.45, 7) is 7.58. The third kappa shape index (κ3) is 4.64. The fourth-order valence-corrected chi connectivity index (χ4v) is 2.52. The van der Waals surface area contributed by atoms with Gasteiger partial charge in [0.1, 0.15) is 10.7 Å². The maximum Gasteiger partial charge on any atom is 0.287 e. The van der Waals surface area contributed by atoms with Crippen molar-refractivity contribution in [1.29, 1.82) is 0 Å². The number of carbonyl (C=O) groups is 1. The summed E-state index contributed by atoms with van der Waals surface area (Å²) in [6, 6.07) is 1.16. The summed E-state index contributed by atoms with van der Waals surface area (Å²) >= 11 is 0. The average Bonchev–Trinajstić information content (AvgIpc) is 2.68. The zero-order chi connectivity index (χ0) is 15.5. The van der Waals surface area contributed by atoms with Gasteiger partial charge in [0.05, 0.1) is 0 Å². The number of primary sulfonamides is 1. The van der Waals surface area contributed by atoms with Crippen LogP contribution in [-0.2, 0) is 10.0 Å². The molecule has 0 radical (unpaired) electrons. The van der Waals surface area contributed by atoms with E-state index < -0.39 is 15.9 Å². The van der Waals surface area contributed by atoms with Crippen LogP contribution in [0.25, 0.3) is 0 Å². The molecule has 0 aromatic carbocycles. The minimum Gasteiger partial charge on any atom is -0.455 e. The Kier molecular flexibility index (Phi) is 5.35. The van der Waals surface area contributed by atoms with Crippen LogP contribution in [0.4, 0.5) is 0 Å². The van der Waals surface area contributed by atoms with Gasteiger partial charge in [0.15, 0.2) is 5.76 Å². The lowest BCUT2D eigenvalue weighted by molar-refractivity contribution is 0.0908. The van der Waals surface area contributed by atoms with E-state index in [1.54, 1.807) is 0 Å². The highest BCUT2D eigenvalue weighted by Crippen LogP contribution is 2.18. The van der Waals surface area contributed by atoms with Crippen molar-refractivity contribution in [3.05, 3.63) is 17.6 Å². The van der Waals surface area contributed by atoms with E-state index in [1.807, 2.05) is 6.92 Å². The van der Waals surface area contributed by atoms with Crippen LogP contribution in [-0.4, -0.2) is 20.4 Å². The summed E-state index contributed by atoms with van der Waals surface area (Å²) in [5.74, 6) is 0.212. The largest absolute Gasteiger partial charge is 0.455 e. The van der Waals surface area contributed by atoms with E-state index in [-0.39, 0.29) is 22.5 Å². The molecule has 1 amide bonds. The summed E-state index contributed by atoms with van der Waals surface area (Å²) in [6.07, 6.45) is 1.85. The molecule has 7 heteroatoms. The van der Waals surface area contributed by atoms with Crippen LogP contribution in [0.15, 0.2) is 15.4 Å². The molecule has 0 bridgehead atoms. The summed E-state index contributed by atoms with van der Waals surface area (Å²) in [7, 11) is -3.87. The Bertz CT molecular complexity index is 575. The minimum absolute atomic E-state index is 0.00626. The van der Waals surface area contributed by atoms with Crippen LogP contribution in [0.5, 0.6) is 0 Å². The molecule has 0 spiro atoms. The zero-order valence-electron chi connectivity index (χ0n) is 12.3. The number of rotatable bonds is 6. The van der Waals surface area contributed by atoms with Gasteiger partial charge in [0.2, 0.25) is 10.0 Å². The molecular formula is C13H22N2O4S. The summed E-state index contributed by atoms with van der Waals surface area (Å²) in [5.41, 5.74) is 0. The Morgan fingerprint density at radius 1 is 1.35 bits per heavy atom. The zero-order valence-corrected chi connectivity index (χ0v) is 13.1. The molecule has 1 aromatic rings. The average molecular weight is 302 g/mol. The number of amides is 1. The molecule has 1 atom stereocenters. The lowest BCUT2D eigenvalue weighted by Crippen LogP contribution is -2.32. The molecule has 3 N–H and O–H groups in total. The van der Waals surface area contributed by atoms with Gasteiger partial charge in [-0.1, -0.05) is 13.8 Å². The Balaban J connectivity index is 2.74. The van der Waals surface area contributed by atoms with Crippen molar-refractivity contribution in [1.82, 2.24) is 5.32 Å². The molecule has 0 aliphatic heterocycles. The number of nitrogens with two attached hydrogens (primary N) is 1. The molecule has 0 saturated heterocycles. The fourth-order valence-electron chi connectivity index (χ4n) is 1.81. The van der Waals surface area contributed by atoms with Gasteiger partial charge < -0.3 is 9.73 Å². The standard InChI is InChI=1S/C13H22N2O4S/c1-8(2)5-6-9(3)15-13(16)11-7-12(10(4)19-11)20(14,17)18/h7-9H,5-6H2,1-4H3,(H,15,16)(H2,14,17,18). The highest BCUT2D eigenvalue weighted by Gasteiger charge is 2.21. The molecule has 1 heterocycles. The molecule has 1 unspecified atom stereocenters. The maximum absolute atomic E-state index is 12.0. The molecule has 0 aliphatic rings. The smallest absolute Gasteiger partial charge is 0.287 e. The molecule has 20 heavy (non-hydrogen) atoms. The highest BCUT2D eigenvalue weighted by molar-refractivity contribution is 7.89. The quantitative estimate of drug-likeness (QED) is 0.836. The van der Waals surface area contributed by atoms with E-state index in [2.05, 4.69) is 19.2 Å². The highest BCUT2D eigenvalue weighted by atomic mass is 32.2. The SMILES string of the molecule is Cc1oc(C(=O)NC(C)CCC(C)C)cc1S(N)(=O)=O. The van der Waals surface area contributed by atoms with Gasteiger partial charge in [0, 0.05) is 12.1 Å². The van der Waals surface area contributed by atoms with Crippen LogP contribution in [0.3, 0.4) is 0 Å². The van der Waals surface area contributed by atoms with E-state index in [0.717, 1.165) is 18.9 Å². The van der Waals surface area contributed by atoms with Crippen LogP contribution in [0, 0.1) is 12.8 Å². The van der Waals surface area contributed by atoms with E-state index in [0.29, 0.717) is 5.92 Å². The second-order valence-corrected chi connectivity index (χ2v) is 6.95. The lowest BCUT2D eigenvalue weighted by Gasteiger charge is -2.13. The van der Waals surface area contributed by atoms with Gasteiger partial charge >= 0.3 is 0 Å². The second kappa shape index (κ2) is 6.41. The van der Waals surface area contributed by atoms with Gasteiger partial charge in [-0.25, -0.2) is 13.6 Å². The van der Waals surface area contributed by atoms with Gasteiger partial charge in [0.25, 0.3) is 5.91 Å². The molecule has 114 valence electrons. The lowest BCUT2D eigenvalue weighted by atomic mass is 10.0. The first-order valence-electron chi connectivity index (χ1n) is 6.55. The summed E-state index contributed by atoms with van der Waals surface area (Å²) in [5, 5.41) is 7.81. The predicted octanol–water partition coefficient (Wildman–Crippen LogP) is 1.79. The number of furan rings is 1. The Hall–Kier alpha value is -1.34. The van der Waals surface area contributed by atoms with E-state index >= 15 is 0 Å². The first-order valence-corrected chi connectivity index (χ1v) is 8.10. The number of hydrogen-bond acceptors (Lipinski definition) is 4. The van der Waals surface area contributed by atoms with Crippen molar-refractivity contribution >= 4 is 15.9 Å². The van der Waals surface area contributed by atoms with Crippen LogP contribution in [0.1, 0.15) is 49.9 Å². The normalized spacial score (nSPS) is 13.5. The predicted molar refractivity (Wildman–Crippen MR) is 75.8 cm³/mol. The van der Waals surface area contributed by atoms with Crippen molar-refractivity contribution in [2.75, 3.05) is 0 Å². The molecule has 0 saturated carbocycles. The third-order valence-electron chi connectivity index (χ3n) is 2.96. The molecule has 0 aliphatic carbocycles. The minimum atomic E-state index is -3.87. The van der Waals surface area contributed by atoms with Crippen molar-refractivity contribution < 1.29 is 17.6 Å². The van der Waals surface area contributed by atoms with Gasteiger partial charge in [-0.15, -0.1) is 0 Å². The van der Waals surface area contributed by atoms with E-state index in [9.17, 15) is 13.2 Å². The molecular weight excluding hydrogens is 280 g/mol. The summed E-state index contributed by atoms with van der Waals surface area (Å²) < 4.78 is 27.7. The summed E-state index contributed by atoms with van der Waals surface area (Å²) in [4.78, 5) is 11.8. The number of aryl methyl sites for hydroxylation is 1. The Morgan fingerprint density at radius 2 is 1.95 bits per heavy atom. The van der Waals surface area contributed by atoms with Gasteiger partial charge in [-0.2, -0.15) is 0 Å². The van der Waals surface area contributed by atoms with Crippen LogP contribution in [0.2, 0.25) is 0 Å². The third-order valence-corrected chi connectivity index (χ3v) is 3.98. The van der Waals surface area contributed by atoms with Crippen molar-refractivity contribution in [3.63, 3.8) is 0 Å². The fraction of sp³-hybridized carbons (Fsp3) is 0.615. The molecule has 1 rings (SSSR count). The second-order valence-electron chi connectivity index (χ2n) is 5.42. The number of hydrogen-bond donors (Lipinski definition) is 2. The molecule has 0 fully saturated rings. The Labute approximate surface area is 119 Å². The first-order chi connectivity index (χ1) is 9.11. The van der Waals surface area contributed by atoms with Crippen LogP contribution < -0.4 is 10.5 Å². The maximum atomic E-state index is 12.0. The number of nitrogens with one attached hydrogen (secondary N) is 1. The Morgan fingerprint density at radius 3 is 2.40 bits per heavy atom. The first kappa shape index (κ1) is 16.7. The van der Waals surface area contributed by atoms with Gasteiger partial charge in [-0.3, -0.25) is 4.79 Å². The van der Waals surface area contributed by atoms with E-state index in [1.165, 1.54) is 6.92 Å². The topological polar surface area (TPSA) is 102 Å². The van der Waals surface area contributed by atoms with Crippen molar-refractivity contribution in [2.45, 2.75) is 51.5 Å². The van der Waals surface area contributed by atoms with Crippen molar-refractivity contribution in [3.8, 4) is 0 Å².